The molecule has 5 nitrogen and oxygen atoms in total. The largest absolute Gasteiger partial charge is 0.508 e. The van der Waals surface area contributed by atoms with Crippen molar-refractivity contribution in [1.29, 1.82) is 0 Å². The van der Waals surface area contributed by atoms with Gasteiger partial charge in [0.25, 0.3) is 0 Å². The fourth-order valence-corrected chi connectivity index (χ4v) is 1.28. The molecule has 0 aliphatic carbocycles. The Morgan fingerprint density at radius 2 is 2.00 bits per heavy atom. The van der Waals surface area contributed by atoms with Crippen LogP contribution in [-0.2, 0) is 6.54 Å². The molecule has 0 saturated heterocycles. The summed E-state index contributed by atoms with van der Waals surface area (Å²) >= 11 is 0. The molecule has 0 amide bonds. The standard InChI is InChI=1S/C10H15N3O2/c1-13(7-10(11)12-15)6-8-2-4-9(14)5-3-8/h2-5,14-15H,6-7H2,1H3,(H2,11,12). The average Bonchev–Trinajstić information content (AvgIpc) is 2.21. The molecule has 82 valence electrons. The number of phenolic OH excluding ortho intramolecular Hbond substituents is 1. The summed E-state index contributed by atoms with van der Waals surface area (Å²) < 4.78 is 0. The van der Waals surface area contributed by atoms with Gasteiger partial charge in [0.15, 0.2) is 5.84 Å². The summed E-state index contributed by atoms with van der Waals surface area (Å²) in [5.41, 5.74) is 6.43. The Morgan fingerprint density at radius 1 is 1.40 bits per heavy atom. The van der Waals surface area contributed by atoms with Gasteiger partial charge in [-0.2, -0.15) is 0 Å². The number of likely N-dealkylation sites (N-methyl/N-ethyl adjacent to an activating group) is 1. The quantitative estimate of drug-likeness (QED) is 0.293. The highest BCUT2D eigenvalue weighted by Crippen LogP contribution is 2.10. The number of aromatic hydroxyl groups is 1. The normalized spacial score (nSPS) is 12.0. The van der Waals surface area contributed by atoms with Crippen LogP contribution in [0.25, 0.3) is 0 Å². The lowest BCUT2D eigenvalue weighted by Gasteiger charge is -2.15. The van der Waals surface area contributed by atoms with Crippen molar-refractivity contribution >= 4 is 5.84 Å². The van der Waals surface area contributed by atoms with Crippen molar-refractivity contribution in [3.63, 3.8) is 0 Å². The highest BCUT2D eigenvalue weighted by atomic mass is 16.4. The SMILES string of the molecule is CN(CC(N)=NO)Cc1ccc(O)cc1. The molecule has 0 saturated carbocycles. The van der Waals surface area contributed by atoms with Gasteiger partial charge in [0.1, 0.15) is 5.75 Å². The van der Waals surface area contributed by atoms with Crippen molar-refractivity contribution in [2.45, 2.75) is 6.54 Å². The third kappa shape index (κ3) is 3.86. The molecule has 0 fully saturated rings. The first-order valence-electron chi connectivity index (χ1n) is 4.54. The van der Waals surface area contributed by atoms with Crippen molar-refractivity contribution in [2.75, 3.05) is 13.6 Å². The number of nitrogens with zero attached hydrogens (tertiary/aromatic N) is 2. The number of nitrogens with two attached hydrogens (primary N) is 1. The van der Waals surface area contributed by atoms with E-state index in [-0.39, 0.29) is 11.6 Å². The molecular weight excluding hydrogens is 194 g/mol. The van der Waals surface area contributed by atoms with Gasteiger partial charge >= 0.3 is 0 Å². The molecule has 0 atom stereocenters. The third-order valence-electron chi connectivity index (χ3n) is 1.95. The van der Waals surface area contributed by atoms with Crippen LogP contribution in [0, 0.1) is 0 Å². The van der Waals surface area contributed by atoms with Crippen molar-refractivity contribution < 1.29 is 10.3 Å². The topological polar surface area (TPSA) is 82.1 Å². The summed E-state index contributed by atoms with van der Waals surface area (Å²) in [5, 5.41) is 20.4. The van der Waals surface area contributed by atoms with Crippen molar-refractivity contribution in [3.8, 4) is 5.75 Å². The second-order valence-electron chi connectivity index (χ2n) is 3.43. The fourth-order valence-electron chi connectivity index (χ4n) is 1.28. The Kier molecular flexibility index (Phi) is 3.93. The third-order valence-corrected chi connectivity index (χ3v) is 1.95. The van der Waals surface area contributed by atoms with E-state index in [2.05, 4.69) is 5.16 Å². The van der Waals surface area contributed by atoms with Crippen molar-refractivity contribution in [2.24, 2.45) is 10.9 Å². The smallest absolute Gasteiger partial charge is 0.153 e. The minimum atomic E-state index is 0.177. The monoisotopic (exact) mass is 209 g/mol. The molecule has 0 aliphatic rings. The Balaban J connectivity index is 2.51. The van der Waals surface area contributed by atoms with Gasteiger partial charge in [-0.1, -0.05) is 17.3 Å². The van der Waals surface area contributed by atoms with E-state index in [1.165, 1.54) is 0 Å². The van der Waals surface area contributed by atoms with E-state index in [1.54, 1.807) is 12.1 Å². The molecule has 0 heterocycles. The molecule has 5 heteroatoms. The number of rotatable bonds is 4. The summed E-state index contributed by atoms with van der Waals surface area (Å²) in [6.07, 6.45) is 0. The van der Waals surface area contributed by atoms with Gasteiger partial charge in [0, 0.05) is 6.54 Å². The zero-order valence-electron chi connectivity index (χ0n) is 8.59. The first-order chi connectivity index (χ1) is 7.11. The molecule has 4 N–H and O–H groups in total. The second-order valence-corrected chi connectivity index (χ2v) is 3.43. The predicted octanol–water partition coefficient (Wildman–Crippen LogP) is 0.570. The van der Waals surface area contributed by atoms with E-state index < -0.39 is 0 Å². The van der Waals surface area contributed by atoms with E-state index in [0.717, 1.165) is 5.56 Å². The summed E-state index contributed by atoms with van der Waals surface area (Å²) in [5.74, 6) is 0.425. The number of oxime groups is 1. The first-order valence-corrected chi connectivity index (χ1v) is 4.54. The maximum atomic E-state index is 9.09. The predicted molar refractivity (Wildman–Crippen MR) is 57.8 cm³/mol. The van der Waals surface area contributed by atoms with Crippen LogP contribution < -0.4 is 5.73 Å². The Labute approximate surface area is 88.4 Å². The van der Waals surface area contributed by atoms with Gasteiger partial charge in [0.05, 0.1) is 6.54 Å². The van der Waals surface area contributed by atoms with Crippen LogP contribution >= 0.6 is 0 Å². The van der Waals surface area contributed by atoms with Crippen LogP contribution in [0.2, 0.25) is 0 Å². The number of benzene rings is 1. The maximum Gasteiger partial charge on any atom is 0.153 e. The van der Waals surface area contributed by atoms with Crippen LogP contribution in [-0.4, -0.2) is 34.6 Å². The molecule has 1 aromatic rings. The second kappa shape index (κ2) is 5.21. The highest BCUT2D eigenvalue weighted by Gasteiger charge is 2.02. The van der Waals surface area contributed by atoms with Gasteiger partial charge in [-0.25, -0.2) is 0 Å². The highest BCUT2D eigenvalue weighted by molar-refractivity contribution is 5.81. The number of hydrogen-bond donors (Lipinski definition) is 3. The first kappa shape index (κ1) is 11.3. The molecular formula is C10H15N3O2. The minimum Gasteiger partial charge on any atom is -0.508 e. The van der Waals surface area contributed by atoms with Crippen LogP contribution in [0.5, 0.6) is 5.75 Å². The zero-order valence-corrected chi connectivity index (χ0v) is 8.59. The van der Waals surface area contributed by atoms with E-state index in [4.69, 9.17) is 16.0 Å². The number of phenols is 1. The summed E-state index contributed by atoms with van der Waals surface area (Å²) in [6.45, 7) is 1.08. The molecule has 0 bridgehead atoms. The molecule has 1 aromatic carbocycles. The molecule has 15 heavy (non-hydrogen) atoms. The van der Waals surface area contributed by atoms with Gasteiger partial charge in [-0.15, -0.1) is 0 Å². The van der Waals surface area contributed by atoms with Gasteiger partial charge < -0.3 is 16.0 Å². The van der Waals surface area contributed by atoms with E-state index >= 15 is 0 Å². The van der Waals surface area contributed by atoms with Gasteiger partial charge in [-0.3, -0.25) is 4.90 Å². The van der Waals surface area contributed by atoms with Crippen LogP contribution in [0.4, 0.5) is 0 Å². The summed E-state index contributed by atoms with van der Waals surface area (Å²) in [4.78, 5) is 1.90. The lowest BCUT2D eigenvalue weighted by atomic mass is 10.2. The van der Waals surface area contributed by atoms with Crippen LogP contribution in [0.15, 0.2) is 29.4 Å². The van der Waals surface area contributed by atoms with Crippen molar-refractivity contribution in [1.82, 2.24) is 4.90 Å². The number of amidine groups is 1. The molecule has 0 spiro atoms. The molecule has 0 radical (unpaired) electrons. The Bertz CT molecular complexity index is 335. The van der Waals surface area contributed by atoms with Gasteiger partial charge in [0.2, 0.25) is 0 Å². The lowest BCUT2D eigenvalue weighted by Crippen LogP contribution is -2.30. The molecule has 0 unspecified atom stereocenters. The van der Waals surface area contributed by atoms with Gasteiger partial charge in [-0.05, 0) is 24.7 Å². The molecule has 0 aliphatic heterocycles. The number of hydrogen-bond acceptors (Lipinski definition) is 4. The maximum absolute atomic E-state index is 9.09. The zero-order chi connectivity index (χ0) is 11.3. The van der Waals surface area contributed by atoms with Crippen molar-refractivity contribution in [3.05, 3.63) is 29.8 Å². The minimum absolute atomic E-state index is 0.177. The molecule has 1 rings (SSSR count). The summed E-state index contributed by atoms with van der Waals surface area (Å²) in [6, 6.07) is 6.93. The van der Waals surface area contributed by atoms with E-state index in [9.17, 15) is 0 Å². The Morgan fingerprint density at radius 3 is 2.53 bits per heavy atom. The fraction of sp³-hybridized carbons (Fsp3) is 0.300. The lowest BCUT2D eigenvalue weighted by molar-refractivity contribution is 0.308. The van der Waals surface area contributed by atoms with E-state index in [0.29, 0.717) is 13.1 Å². The summed E-state index contributed by atoms with van der Waals surface area (Å²) in [7, 11) is 1.87. The van der Waals surface area contributed by atoms with Crippen LogP contribution in [0.1, 0.15) is 5.56 Å². The Hall–Kier alpha value is -1.75. The van der Waals surface area contributed by atoms with Crippen LogP contribution in [0.3, 0.4) is 0 Å². The van der Waals surface area contributed by atoms with E-state index in [1.807, 2.05) is 24.1 Å². The molecule has 0 aromatic heterocycles. The average molecular weight is 209 g/mol.